The fourth-order valence-corrected chi connectivity index (χ4v) is 2.97. The Morgan fingerprint density at radius 2 is 1.93 bits per heavy atom. The second-order valence-corrected chi connectivity index (χ2v) is 5.94. The van der Waals surface area contributed by atoms with Crippen LogP contribution in [0.1, 0.15) is 46.5 Å². The summed E-state index contributed by atoms with van der Waals surface area (Å²) in [6.07, 6.45) is 5.25. The molecule has 4 atom stereocenters. The summed E-state index contributed by atoms with van der Waals surface area (Å²) in [7, 11) is 1.79. The van der Waals surface area contributed by atoms with Crippen molar-refractivity contribution in [3.63, 3.8) is 0 Å². The first-order valence-corrected chi connectivity index (χ1v) is 6.65. The van der Waals surface area contributed by atoms with Gasteiger partial charge in [0.2, 0.25) is 0 Å². The molecule has 1 nitrogen and oxygen atoms in total. The second-order valence-electron chi connectivity index (χ2n) is 5.38. The molecule has 1 aliphatic carbocycles. The van der Waals surface area contributed by atoms with Crippen molar-refractivity contribution >= 4 is 11.6 Å². The molecule has 1 saturated carbocycles. The van der Waals surface area contributed by atoms with Crippen molar-refractivity contribution < 1.29 is 4.74 Å². The molecule has 90 valence electrons. The molecule has 15 heavy (non-hydrogen) atoms. The van der Waals surface area contributed by atoms with Gasteiger partial charge in [0.25, 0.3) is 0 Å². The van der Waals surface area contributed by atoms with Gasteiger partial charge in [-0.25, -0.2) is 0 Å². The highest BCUT2D eigenvalue weighted by Crippen LogP contribution is 2.38. The minimum atomic E-state index is 0.349. The standard InChI is InChI=1S/C13H25ClO/c1-9(2)11-5-6-13(14)12(8-11)7-10(3)15-4/h9-13H,5-8H2,1-4H3. The van der Waals surface area contributed by atoms with Gasteiger partial charge in [-0.3, -0.25) is 0 Å². The van der Waals surface area contributed by atoms with E-state index in [1.54, 1.807) is 7.11 Å². The summed E-state index contributed by atoms with van der Waals surface area (Å²) in [5.41, 5.74) is 0. The topological polar surface area (TPSA) is 9.23 Å². The third kappa shape index (κ3) is 3.96. The maximum atomic E-state index is 6.40. The van der Waals surface area contributed by atoms with E-state index >= 15 is 0 Å². The van der Waals surface area contributed by atoms with Gasteiger partial charge in [-0.2, -0.15) is 0 Å². The molecule has 1 rings (SSSR count). The van der Waals surface area contributed by atoms with Crippen molar-refractivity contribution in [2.24, 2.45) is 17.8 Å². The first-order chi connectivity index (χ1) is 7.04. The smallest absolute Gasteiger partial charge is 0.0546 e. The Bertz CT molecular complexity index is 181. The minimum Gasteiger partial charge on any atom is -0.382 e. The molecule has 0 spiro atoms. The van der Waals surface area contributed by atoms with Crippen LogP contribution in [0.4, 0.5) is 0 Å². The fraction of sp³-hybridized carbons (Fsp3) is 1.00. The van der Waals surface area contributed by atoms with Gasteiger partial charge >= 0.3 is 0 Å². The van der Waals surface area contributed by atoms with Gasteiger partial charge < -0.3 is 4.74 Å². The molecule has 2 heteroatoms. The first-order valence-electron chi connectivity index (χ1n) is 6.21. The summed E-state index contributed by atoms with van der Waals surface area (Å²) in [6, 6.07) is 0. The van der Waals surface area contributed by atoms with Crippen molar-refractivity contribution in [2.75, 3.05) is 7.11 Å². The van der Waals surface area contributed by atoms with Crippen LogP contribution in [0, 0.1) is 17.8 Å². The third-order valence-electron chi connectivity index (χ3n) is 3.91. The normalized spacial score (nSPS) is 34.4. The van der Waals surface area contributed by atoms with Crippen LogP contribution < -0.4 is 0 Å². The highest BCUT2D eigenvalue weighted by Gasteiger charge is 2.31. The SMILES string of the molecule is COC(C)CC1CC(C(C)C)CCC1Cl. The molecule has 0 aromatic carbocycles. The largest absolute Gasteiger partial charge is 0.382 e. The van der Waals surface area contributed by atoms with Gasteiger partial charge in [-0.1, -0.05) is 13.8 Å². The molecule has 0 N–H and O–H groups in total. The van der Waals surface area contributed by atoms with Crippen LogP contribution in [0.2, 0.25) is 0 Å². The zero-order chi connectivity index (χ0) is 11.4. The van der Waals surface area contributed by atoms with E-state index in [9.17, 15) is 0 Å². The van der Waals surface area contributed by atoms with Gasteiger partial charge in [-0.05, 0) is 50.4 Å². The summed E-state index contributed by atoms with van der Waals surface area (Å²) in [5.74, 6) is 2.33. The Morgan fingerprint density at radius 1 is 1.27 bits per heavy atom. The summed E-state index contributed by atoms with van der Waals surface area (Å²) < 4.78 is 5.34. The van der Waals surface area contributed by atoms with E-state index in [0.717, 1.165) is 18.3 Å². The van der Waals surface area contributed by atoms with E-state index < -0.39 is 0 Å². The van der Waals surface area contributed by atoms with E-state index in [0.29, 0.717) is 17.4 Å². The highest BCUT2D eigenvalue weighted by atomic mass is 35.5. The predicted octanol–water partition coefficient (Wildman–Crippen LogP) is 4.09. The van der Waals surface area contributed by atoms with Crippen LogP contribution in [-0.4, -0.2) is 18.6 Å². The van der Waals surface area contributed by atoms with Gasteiger partial charge in [0.05, 0.1) is 6.10 Å². The van der Waals surface area contributed by atoms with Crippen molar-refractivity contribution in [3.8, 4) is 0 Å². The van der Waals surface area contributed by atoms with Crippen molar-refractivity contribution in [2.45, 2.75) is 57.9 Å². The minimum absolute atomic E-state index is 0.349. The quantitative estimate of drug-likeness (QED) is 0.664. The van der Waals surface area contributed by atoms with E-state index in [4.69, 9.17) is 16.3 Å². The van der Waals surface area contributed by atoms with Crippen LogP contribution in [0.5, 0.6) is 0 Å². The number of rotatable bonds is 4. The molecule has 0 aromatic rings. The lowest BCUT2D eigenvalue weighted by Crippen LogP contribution is -2.30. The number of methoxy groups -OCH3 is 1. The Labute approximate surface area is 99.5 Å². The summed E-state index contributed by atoms with van der Waals surface area (Å²) in [4.78, 5) is 0. The average molecular weight is 233 g/mol. The van der Waals surface area contributed by atoms with Gasteiger partial charge in [0.15, 0.2) is 0 Å². The van der Waals surface area contributed by atoms with Crippen LogP contribution in [0.25, 0.3) is 0 Å². The van der Waals surface area contributed by atoms with Crippen LogP contribution >= 0.6 is 11.6 Å². The molecule has 4 unspecified atom stereocenters. The Hall–Kier alpha value is 0.250. The van der Waals surface area contributed by atoms with E-state index in [1.165, 1.54) is 19.3 Å². The molecular weight excluding hydrogens is 208 g/mol. The third-order valence-corrected chi connectivity index (χ3v) is 4.48. The molecule has 1 aliphatic rings. The molecule has 0 heterocycles. The zero-order valence-electron chi connectivity index (χ0n) is 10.5. The van der Waals surface area contributed by atoms with Gasteiger partial charge in [0, 0.05) is 12.5 Å². The van der Waals surface area contributed by atoms with Crippen LogP contribution in [-0.2, 0) is 4.74 Å². The molecule has 0 aliphatic heterocycles. The molecule has 0 saturated heterocycles. The lowest BCUT2D eigenvalue weighted by atomic mass is 9.74. The molecule has 0 amide bonds. The van der Waals surface area contributed by atoms with Crippen molar-refractivity contribution in [1.29, 1.82) is 0 Å². The van der Waals surface area contributed by atoms with Crippen LogP contribution in [0.3, 0.4) is 0 Å². The molecular formula is C13H25ClO. The predicted molar refractivity (Wildman–Crippen MR) is 66.4 cm³/mol. The number of hydrogen-bond acceptors (Lipinski definition) is 1. The van der Waals surface area contributed by atoms with Crippen molar-refractivity contribution in [1.82, 2.24) is 0 Å². The maximum absolute atomic E-state index is 6.40. The van der Waals surface area contributed by atoms with E-state index in [2.05, 4.69) is 20.8 Å². The lowest BCUT2D eigenvalue weighted by Gasteiger charge is -2.36. The Kier molecular flexibility index (Phi) is 5.42. The number of alkyl halides is 1. The Balaban J connectivity index is 2.46. The average Bonchev–Trinajstić information content (AvgIpc) is 2.20. The second kappa shape index (κ2) is 6.10. The Morgan fingerprint density at radius 3 is 2.47 bits per heavy atom. The van der Waals surface area contributed by atoms with Gasteiger partial charge in [-0.15, -0.1) is 11.6 Å². The molecule has 0 aromatic heterocycles. The summed E-state index contributed by atoms with van der Waals surface area (Å²) >= 11 is 6.40. The number of ether oxygens (including phenoxy) is 1. The molecule has 0 radical (unpaired) electrons. The molecule has 0 bridgehead atoms. The highest BCUT2D eigenvalue weighted by molar-refractivity contribution is 6.20. The van der Waals surface area contributed by atoms with E-state index in [1.807, 2.05) is 0 Å². The van der Waals surface area contributed by atoms with Gasteiger partial charge in [0.1, 0.15) is 0 Å². The molecule has 1 fully saturated rings. The van der Waals surface area contributed by atoms with E-state index in [-0.39, 0.29) is 0 Å². The summed E-state index contributed by atoms with van der Waals surface area (Å²) in [5, 5.41) is 0.373. The fourth-order valence-electron chi connectivity index (χ4n) is 2.64. The monoisotopic (exact) mass is 232 g/mol. The maximum Gasteiger partial charge on any atom is 0.0546 e. The zero-order valence-corrected chi connectivity index (χ0v) is 11.3. The summed E-state index contributed by atoms with van der Waals surface area (Å²) in [6.45, 7) is 6.80. The van der Waals surface area contributed by atoms with Crippen LogP contribution in [0.15, 0.2) is 0 Å². The van der Waals surface area contributed by atoms with Crippen molar-refractivity contribution in [3.05, 3.63) is 0 Å². The number of halogens is 1. The lowest BCUT2D eigenvalue weighted by molar-refractivity contribution is 0.0788. The number of hydrogen-bond donors (Lipinski definition) is 0. The first kappa shape index (κ1) is 13.3.